The van der Waals surface area contributed by atoms with Gasteiger partial charge in [0.05, 0.1) is 5.41 Å². The molecule has 0 aromatic rings. The minimum Gasteiger partial charge on any atom is -0.170 e. The van der Waals surface area contributed by atoms with Gasteiger partial charge in [0.2, 0.25) is 0 Å². The van der Waals surface area contributed by atoms with Gasteiger partial charge >= 0.3 is 6.18 Å². The fourth-order valence-electron chi connectivity index (χ4n) is 3.22. The van der Waals surface area contributed by atoms with Crippen molar-refractivity contribution in [1.82, 2.24) is 0 Å². The molecule has 0 N–H and O–H groups in total. The number of unbranched alkanes of at least 4 members (excludes halogenated alkanes) is 3. The van der Waals surface area contributed by atoms with Crippen molar-refractivity contribution in [2.75, 3.05) is 0 Å². The Balaban J connectivity index is 2.53. The summed E-state index contributed by atoms with van der Waals surface area (Å²) in [6, 6.07) is 0. The molecule has 0 spiro atoms. The van der Waals surface area contributed by atoms with E-state index in [0.29, 0.717) is 12.8 Å². The topological polar surface area (TPSA) is 0 Å². The fraction of sp³-hybridized carbons (Fsp3) is 1.00. The molecule has 1 aliphatic rings. The normalized spacial score (nSPS) is 21.7. The maximum atomic E-state index is 13.2. The highest BCUT2D eigenvalue weighted by atomic mass is 19.4. The van der Waals surface area contributed by atoms with Gasteiger partial charge in [0.15, 0.2) is 0 Å². The number of halogens is 3. The largest absolute Gasteiger partial charge is 0.394 e. The third kappa shape index (κ3) is 3.38. The van der Waals surface area contributed by atoms with E-state index in [1.807, 2.05) is 6.92 Å². The number of hydrogen-bond acceptors (Lipinski definition) is 0. The van der Waals surface area contributed by atoms with Crippen LogP contribution in [0.3, 0.4) is 0 Å². The molecule has 0 aromatic heterocycles. The van der Waals surface area contributed by atoms with Crippen LogP contribution in [0.25, 0.3) is 0 Å². The van der Waals surface area contributed by atoms with Crippen LogP contribution in [0.5, 0.6) is 0 Å². The third-order valence-electron chi connectivity index (χ3n) is 4.49. The Hall–Kier alpha value is -0.210. The first-order valence-corrected chi connectivity index (χ1v) is 7.01. The van der Waals surface area contributed by atoms with Crippen molar-refractivity contribution in [1.29, 1.82) is 0 Å². The molecule has 3 heteroatoms. The molecule has 1 unspecified atom stereocenters. The SMILES string of the molecule is CCCCCCC(C)C1(C(F)(F)F)CCCC1. The second-order valence-corrected chi connectivity index (χ2v) is 5.61. The Morgan fingerprint density at radius 1 is 1.06 bits per heavy atom. The molecule has 1 fully saturated rings. The summed E-state index contributed by atoms with van der Waals surface area (Å²) in [4.78, 5) is 0. The Bertz CT molecular complexity index is 214. The van der Waals surface area contributed by atoms with E-state index >= 15 is 0 Å². The van der Waals surface area contributed by atoms with E-state index in [0.717, 1.165) is 44.9 Å². The second-order valence-electron chi connectivity index (χ2n) is 5.61. The molecule has 0 aliphatic heterocycles. The van der Waals surface area contributed by atoms with Gasteiger partial charge in [-0.3, -0.25) is 0 Å². The molecule has 0 heterocycles. The Morgan fingerprint density at radius 2 is 1.65 bits per heavy atom. The summed E-state index contributed by atoms with van der Waals surface area (Å²) in [5.41, 5.74) is -1.36. The van der Waals surface area contributed by atoms with Crippen LogP contribution >= 0.6 is 0 Å². The highest BCUT2D eigenvalue weighted by Gasteiger charge is 2.58. The van der Waals surface area contributed by atoms with E-state index in [-0.39, 0.29) is 5.92 Å². The lowest BCUT2D eigenvalue weighted by Crippen LogP contribution is -2.41. The molecule has 102 valence electrons. The van der Waals surface area contributed by atoms with Gasteiger partial charge < -0.3 is 0 Å². The average molecular weight is 250 g/mol. The molecule has 1 rings (SSSR count). The zero-order valence-corrected chi connectivity index (χ0v) is 11.1. The lowest BCUT2D eigenvalue weighted by atomic mass is 9.72. The average Bonchev–Trinajstić information content (AvgIpc) is 2.73. The van der Waals surface area contributed by atoms with E-state index in [9.17, 15) is 13.2 Å². The Morgan fingerprint density at radius 3 is 2.12 bits per heavy atom. The van der Waals surface area contributed by atoms with Gasteiger partial charge in [0, 0.05) is 0 Å². The van der Waals surface area contributed by atoms with Crippen molar-refractivity contribution in [3.05, 3.63) is 0 Å². The van der Waals surface area contributed by atoms with Crippen molar-refractivity contribution in [2.45, 2.75) is 77.8 Å². The van der Waals surface area contributed by atoms with Gasteiger partial charge in [-0.1, -0.05) is 52.4 Å². The summed E-state index contributed by atoms with van der Waals surface area (Å²) < 4.78 is 39.7. The van der Waals surface area contributed by atoms with Crippen LogP contribution in [0, 0.1) is 11.3 Å². The maximum absolute atomic E-state index is 13.2. The second kappa shape index (κ2) is 6.10. The molecule has 17 heavy (non-hydrogen) atoms. The maximum Gasteiger partial charge on any atom is 0.394 e. The predicted molar refractivity (Wildman–Crippen MR) is 64.9 cm³/mol. The molecule has 0 aromatic carbocycles. The van der Waals surface area contributed by atoms with Crippen molar-refractivity contribution >= 4 is 0 Å². The lowest BCUT2D eigenvalue weighted by molar-refractivity contribution is -0.240. The highest BCUT2D eigenvalue weighted by Crippen LogP contribution is 2.56. The van der Waals surface area contributed by atoms with Crippen molar-refractivity contribution in [2.24, 2.45) is 11.3 Å². The molecule has 1 atom stereocenters. The van der Waals surface area contributed by atoms with Crippen LogP contribution in [0.4, 0.5) is 13.2 Å². The first-order chi connectivity index (χ1) is 7.94. The van der Waals surface area contributed by atoms with Gasteiger partial charge in [-0.05, 0) is 25.2 Å². The molecule has 0 saturated heterocycles. The molecule has 1 saturated carbocycles. The molecule has 0 nitrogen and oxygen atoms in total. The summed E-state index contributed by atoms with van der Waals surface area (Å²) in [5, 5.41) is 0. The Labute approximate surface area is 103 Å². The molecule has 0 amide bonds. The molecule has 0 radical (unpaired) electrons. The third-order valence-corrected chi connectivity index (χ3v) is 4.49. The zero-order valence-electron chi connectivity index (χ0n) is 11.1. The highest BCUT2D eigenvalue weighted by molar-refractivity contribution is 4.94. The van der Waals surface area contributed by atoms with Crippen LogP contribution in [0.2, 0.25) is 0 Å². The van der Waals surface area contributed by atoms with Crippen LogP contribution in [0.1, 0.15) is 71.6 Å². The number of alkyl halides is 3. The van der Waals surface area contributed by atoms with E-state index < -0.39 is 11.6 Å². The zero-order chi connectivity index (χ0) is 12.9. The van der Waals surface area contributed by atoms with Crippen molar-refractivity contribution in [3.8, 4) is 0 Å². The first kappa shape index (κ1) is 14.8. The number of rotatable bonds is 6. The predicted octanol–water partition coefficient (Wildman–Crippen LogP) is 5.72. The summed E-state index contributed by atoms with van der Waals surface area (Å²) in [6.45, 7) is 3.93. The quantitative estimate of drug-likeness (QED) is 0.529. The first-order valence-electron chi connectivity index (χ1n) is 7.01. The van der Waals surface area contributed by atoms with Crippen molar-refractivity contribution in [3.63, 3.8) is 0 Å². The van der Waals surface area contributed by atoms with Crippen LogP contribution in [-0.4, -0.2) is 6.18 Å². The smallest absolute Gasteiger partial charge is 0.170 e. The van der Waals surface area contributed by atoms with Crippen LogP contribution in [-0.2, 0) is 0 Å². The summed E-state index contributed by atoms with van der Waals surface area (Å²) in [5.74, 6) is -0.207. The summed E-state index contributed by atoms with van der Waals surface area (Å²) in [6.07, 6.45) is 3.24. The standard InChI is InChI=1S/C14H25F3/c1-3-4-5-6-9-12(2)13(14(15,16)17)10-7-8-11-13/h12H,3-11H2,1-2H3. The fourth-order valence-corrected chi connectivity index (χ4v) is 3.22. The van der Waals surface area contributed by atoms with E-state index in [2.05, 4.69) is 6.92 Å². The van der Waals surface area contributed by atoms with Crippen molar-refractivity contribution < 1.29 is 13.2 Å². The molecular formula is C14H25F3. The molecule has 0 bridgehead atoms. The van der Waals surface area contributed by atoms with E-state index in [4.69, 9.17) is 0 Å². The van der Waals surface area contributed by atoms with Gasteiger partial charge in [-0.25, -0.2) is 0 Å². The minimum atomic E-state index is -4.01. The Kier molecular flexibility index (Phi) is 5.33. The minimum absolute atomic E-state index is 0.207. The van der Waals surface area contributed by atoms with Crippen LogP contribution < -0.4 is 0 Å². The lowest BCUT2D eigenvalue weighted by Gasteiger charge is -2.37. The molecule has 1 aliphatic carbocycles. The van der Waals surface area contributed by atoms with E-state index in [1.54, 1.807) is 0 Å². The number of hydrogen-bond donors (Lipinski definition) is 0. The molecular weight excluding hydrogens is 225 g/mol. The summed E-state index contributed by atoms with van der Waals surface area (Å²) in [7, 11) is 0. The van der Waals surface area contributed by atoms with Gasteiger partial charge in [0.25, 0.3) is 0 Å². The van der Waals surface area contributed by atoms with Gasteiger partial charge in [-0.2, -0.15) is 13.2 Å². The van der Waals surface area contributed by atoms with Gasteiger partial charge in [-0.15, -0.1) is 0 Å². The van der Waals surface area contributed by atoms with E-state index in [1.165, 1.54) is 0 Å². The van der Waals surface area contributed by atoms with Crippen LogP contribution in [0.15, 0.2) is 0 Å². The monoisotopic (exact) mass is 250 g/mol. The van der Waals surface area contributed by atoms with Gasteiger partial charge in [0.1, 0.15) is 0 Å². The summed E-state index contributed by atoms with van der Waals surface area (Å²) >= 11 is 0.